The Morgan fingerprint density at radius 2 is 1.15 bits per heavy atom. The highest BCUT2D eigenvalue weighted by Crippen LogP contribution is 2.33. The molecule has 0 spiro atoms. The molecule has 11 heteroatoms. The maximum absolute atomic E-state index is 6.32. The number of nitrogens with zero attached hydrogens (tertiary/aromatic N) is 6. The normalized spacial score (nSPS) is 12.3. The molecule has 0 saturated heterocycles. The lowest BCUT2D eigenvalue weighted by Gasteiger charge is -2.12. The molecule has 0 radical (unpaired) electrons. The van der Waals surface area contributed by atoms with E-state index in [1.807, 2.05) is 42.5 Å². The third kappa shape index (κ3) is 6.47. The quantitative estimate of drug-likeness (QED) is 0.240. The Kier molecular flexibility index (Phi) is 10.4. The summed E-state index contributed by atoms with van der Waals surface area (Å²) in [5.74, 6) is 0.621. The van der Waals surface area contributed by atoms with Crippen LogP contribution in [-0.4, -0.2) is 62.3 Å². The van der Waals surface area contributed by atoms with Gasteiger partial charge in [0, 0.05) is 44.3 Å². The number of halogens is 3. The third-order valence-corrected chi connectivity index (χ3v) is 4.91. The lowest BCUT2D eigenvalue weighted by atomic mass is 9.92. The summed E-state index contributed by atoms with van der Waals surface area (Å²) in [5, 5.41) is 21.0. The summed E-state index contributed by atoms with van der Waals surface area (Å²) in [4.78, 5) is 3.37. The standard InChI is InChI=1S/C22H25ClN8.2ClH/c1-30(2)21(24)28-26-12-19-15-7-5-6-8-16(15)20(13-27-29-22(25)31(3)4)18-11-14(23)9-10-17(18)19;;/h5-13H,1-4H3,(H2,24,28)(H2,25,29);2*1H/b26-12+,27-13+;;. The topological polar surface area (TPSA) is 108 Å². The van der Waals surface area contributed by atoms with Gasteiger partial charge in [-0.05, 0) is 33.7 Å². The van der Waals surface area contributed by atoms with Gasteiger partial charge in [0.05, 0.1) is 12.4 Å². The maximum Gasteiger partial charge on any atom is 0.215 e. The van der Waals surface area contributed by atoms with Gasteiger partial charge in [-0.25, -0.2) is 0 Å². The molecule has 176 valence electrons. The highest BCUT2D eigenvalue weighted by atomic mass is 35.5. The number of rotatable bonds is 4. The van der Waals surface area contributed by atoms with E-state index in [0.717, 1.165) is 32.7 Å². The molecule has 0 saturated carbocycles. The molecule has 33 heavy (non-hydrogen) atoms. The van der Waals surface area contributed by atoms with Crippen molar-refractivity contribution in [2.24, 2.45) is 31.9 Å². The second-order valence-corrected chi connectivity index (χ2v) is 7.69. The summed E-state index contributed by atoms with van der Waals surface area (Å²) in [6, 6.07) is 13.7. The number of nitrogens with two attached hydrogens (primary N) is 2. The zero-order valence-corrected chi connectivity index (χ0v) is 21.1. The van der Waals surface area contributed by atoms with Gasteiger partial charge < -0.3 is 21.3 Å². The van der Waals surface area contributed by atoms with Crippen LogP contribution in [0.15, 0.2) is 62.9 Å². The molecule has 0 aliphatic carbocycles. The van der Waals surface area contributed by atoms with Gasteiger partial charge in [-0.3, -0.25) is 0 Å². The fourth-order valence-electron chi connectivity index (χ4n) is 2.97. The summed E-state index contributed by atoms with van der Waals surface area (Å²) >= 11 is 6.32. The van der Waals surface area contributed by atoms with Gasteiger partial charge in [0.15, 0.2) is 0 Å². The maximum atomic E-state index is 6.32. The monoisotopic (exact) mass is 508 g/mol. The number of benzene rings is 3. The minimum Gasteiger partial charge on any atom is -0.368 e. The smallest absolute Gasteiger partial charge is 0.215 e. The molecule has 0 heterocycles. The SMILES string of the molecule is CN(C)/C(N)=N\N=C\c1c2ccccc2c(/C=N/N=C(\N)N(C)C)c2cc(Cl)ccc12.Cl.Cl. The van der Waals surface area contributed by atoms with E-state index in [0.29, 0.717) is 16.9 Å². The Morgan fingerprint density at radius 1 is 0.727 bits per heavy atom. The van der Waals surface area contributed by atoms with Gasteiger partial charge in [-0.2, -0.15) is 10.2 Å². The van der Waals surface area contributed by atoms with Crippen LogP contribution in [-0.2, 0) is 0 Å². The van der Waals surface area contributed by atoms with Crippen LogP contribution in [0.3, 0.4) is 0 Å². The highest BCUT2D eigenvalue weighted by Gasteiger charge is 2.12. The summed E-state index contributed by atoms with van der Waals surface area (Å²) in [6.07, 6.45) is 3.40. The molecule has 0 aliphatic heterocycles. The fourth-order valence-corrected chi connectivity index (χ4v) is 3.14. The first-order chi connectivity index (χ1) is 14.8. The molecule has 3 rings (SSSR count). The van der Waals surface area contributed by atoms with Crippen molar-refractivity contribution in [3.8, 4) is 0 Å². The minimum absolute atomic E-state index is 0. The lowest BCUT2D eigenvalue weighted by Crippen LogP contribution is -2.29. The number of hydrogen-bond donors (Lipinski definition) is 2. The van der Waals surface area contributed by atoms with Crippen LogP contribution in [0.25, 0.3) is 21.5 Å². The predicted octanol–water partition coefficient (Wildman–Crippen LogP) is 3.91. The van der Waals surface area contributed by atoms with E-state index in [9.17, 15) is 0 Å². The number of fused-ring (bicyclic) bond motifs is 2. The summed E-state index contributed by atoms with van der Waals surface area (Å²) in [6.45, 7) is 0. The van der Waals surface area contributed by atoms with Crippen LogP contribution in [0.2, 0.25) is 5.02 Å². The Labute approximate surface area is 210 Å². The van der Waals surface area contributed by atoms with Gasteiger partial charge in [-0.15, -0.1) is 35.0 Å². The zero-order valence-electron chi connectivity index (χ0n) is 18.7. The molecule has 3 aromatic carbocycles. The van der Waals surface area contributed by atoms with Crippen LogP contribution in [0, 0.1) is 0 Å². The van der Waals surface area contributed by atoms with E-state index in [-0.39, 0.29) is 24.8 Å². The van der Waals surface area contributed by atoms with Crippen molar-refractivity contribution in [1.82, 2.24) is 9.80 Å². The molecule has 0 amide bonds. The molecule has 8 nitrogen and oxygen atoms in total. The van der Waals surface area contributed by atoms with Crippen molar-refractivity contribution in [2.75, 3.05) is 28.2 Å². The average Bonchev–Trinajstić information content (AvgIpc) is 2.74. The van der Waals surface area contributed by atoms with Crippen molar-refractivity contribution in [2.45, 2.75) is 0 Å². The van der Waals surface area contributed by atoms with Gasteiger partial charge >= 0.3 is 0 Å². The van der Waals surface area contributed by atoms with Crippen molar-refractivity contribution in [1.29, 1.82) is 0 Å². The van der Waals surface area contributed by atoms with E-state index in [2.05, 4.69) is 20.4 Å². The van der Waals surface area contributed by atoms with Gasteiger partial charge in [0.25, 0.3) is 0 Å². The summed E-state index contributed by atoms with van der Waals surface area (Å²) < 4.78 is 0. The van der Waals surface area contributed by atoms with E-state index in [1.165, 1.54) is 0 Å². The Hall–Kier alpha value is -3.07. The second kappa shape index (κ2) is 12.2. The van der Waals surface area contributed by atoms with E-state index in [1.54, 1.807) is 50.4 Å². The van der Waals surface area contributed by atoms with Crippen LogP contribution in [0.5, 0.6) is 0 Å². The van der Waals surface area contributed by atoms with Crippen LogP contribution >= 0.6 is 36.4 Å². The molecule has 0 fully saturated rings. The van der Waals surface area contributed by atoms with Crippen molar-refractivity contribution in [3.63, 3.8) is 0 Å². The number of guanidine groups is 2. The molecular weight excluding hydrogens is 483 g/mol. The minimum atomic E-state index is 0. The summed E-state index contributed by atoms with van der Waals surface area (Å²) in [5.41, 5.74) is 13.5. The van der Waals surface area contributed by atoms with Gasteiger partial charge in [0.2, 0.25) is 11.9 Å². The van der Waals surface area contributed by atoms with Crippen LogP contribution in [0.4, 0.5) is 0 Å². The molecule has 0 bridgehead atoms. The Morgan fingerprint density at radius 3 is 1.61 bits per heavy atom. The third-order valence-electron chi connectivity index (χ3n) is 4.68. The first-order valence-electron chi connectivity index (χ1n) is 9.51. The predicted molar refractivity (Wildman–Crippen MR) is 147 cm³/mol. The number of hydrogen-bond acceptors (Lipinski definition) is 4. The van der Waals surface area contributed by atoms with E-state index >= 15 is 0 Å². The van der Waals surface area contributed by atoms with Crippen LogP contribution < -0.4 is 11.5 Å². The second-order valence-electron chi connectivity index (χ2n) is 7.26. The van der Waals surface area contributed by atoms with Gasteiger partial charge in [0.1, 0.15) is 0 Å². The van der Waals surface area contributed by atoms with Crippen LogP contribution in [0.1, 0.15) is 11.1 Å². The first-order valence-corrected chi connectivity index (χ1v) is 9.89. The Bertz CT molecular complexity index is 1230. The summed E-state index contributed by atoms with van der Waals surface area (Å²) in [7, 11) is 7.22. The molecule has 0 aromatic heterocycles. The lowest BCUT2D eigenvalue weighted by molar-refractivity contribution is 0.611. The fraction of sp³-hybridized carbons (Fsp3) is 0.182. The largest absolute Gasteiger partial charge is 0.368 e. The first kappa shape index (κ1) is 28.0. The van der Waals surface area contributed by atoms with E-state index < -0.39 is 0 Å². The average molecular weight is 510 g/mol. The molecule has 0 aliphatic rings. The van der Waals surface area contributed by atoms with E-state index in [4.69, 9.17) is 23.1 Å². The molecule has 0 atom stereocenters. The zero-order chi connectivity index (χ0) is 22.5. The molecular formula is C22H27Cl3N8. The molecule has 4 N–H and O–H groups in total. The van der Waals surface area contributed by atoms with Gasteiger partial charge in [-0.1, -0.05) is 41.9 Å². The van der Waals surface area contributed by atoms with Crippen molar-refractivity contribution >= 4 is 82.3 Å². The molecule has 3 aromatic rings. The molecule has 0 unspecified atom stereocenters. The Balaban J connectivity index is 0.00000272. The highest BCUT2D eigenvalue weighted by molar-refractivity contribution is 6.32. The van der Waals surface area contributed by atoms with Crippen molar-refractivity contribution in [3.05, 3.63) is 58.6 Å². The van der Waals surface area contributed by atoms with Crippen molar-refractivity contribution < 1.29 is 0 Å².